The molecular weight excluding hydrogens is 536 g/mol. The molecule has 2 aromatic carbocycles. The van der Waals surface area contributed by atoms with Gasteiger partial charge in [0, 0.05) is 5.57 Å². The van der Waals surface area contributed by atoms with Crippen molar-refractivity contribution in [3.05, 3.63) is 94.6 Å². The number of aliphatic hydroxyl groups excluding tert-OH is 1. The van der Waals surface area contributed by atoms with Crippen LogP contribution in [-0.4, -0.2) is 36.9 Å². The van der Waals surface area contributed by atoms with Crippen LogP contribution in [0.5, 0.6) is 0 Å². The molecule has 234 valence electrons. The van der Waals surface area contributed by atoms with Crippen molar-refractivity contribution in [1.29, 1.82) is 0 Å². The molecule has 0 heterocycles. The van der Waals surface area contributed by atoms with E-state index in [2.05, 4.69) is 57.3 Å². The van der Waals surface area contributed by atoms with Crippen molar-refractivity contribution >= 4 is 11.9 Å². The van der Waals surface area contributed by atoms with Crippen LogP contribution in [-0.2, 0) is 38.3 Å². The smallest absolute Gasteiger partial charge is 0.335 e. The summed E-state index contributed by atoms with van der Waals surface area (Å²) in [6.07, 6.45) is 13.9. The number of carbonyl (C=O) groups is 2. The molecule has 1 aliphatic rings. The number of aryl methyl sites for hydroxylation is 3. The van der Waals surface area contributed by atoms with Gasteiger partial charge < -0.3 is 14.6 Å². The van der Waals surface area contributed by atoms with E-state index in [1.54, 1.807) is 12.5 Å². The Kier molecular flexibility index (Phi) is 14.2. The fourth-order valence-corrected chi connectivity index (χ4v) is 6.09. The summed E-state index contributed by atoms with van der Waals surface area (Å²) >= 11 is 0. The van der Waals surface area contributed by atoms with E-state index in [1.165, 1.54) is 68.1 Å². The van der Waals surface area contributed by atoms with Gasteiger partial charge >= 0.3 is 11.9 Å². The molecule has 2 aromatic rings. The quantitative estimate of drug-likeness (QED) is 0.115. The minimum atomic E-state index is -0.664. The summed E-state index contributed by atoms with van der Waals surface area (Å²) < 4.78 is 10.7. The Hall–Kier alpha value is -3.18. The number of aliphatic hydroxyl groups is 1. The Labute approximate surface area is 259 Å². The lowest BCUT2D eigenvalue weighted by molar-refractivity contribution is -0.142. The molecular formula is C38H52O5. The van der Waals surface area contributed by atoms with Crippen LogP contribution in [0.4, 0.5) is 0 Å². The van der Waals surface area contributed by atoms with Gasteiger partial charge in [-0.3, -0.25) is 0 Å². The van der Waals surface area contributed by atoms with Gasteiger partial charge in [-0.05, 0) is 91.5 Å². The Morgan fingerprint density at radius 3 is 2.12 bits per heavy atom. The fourth-order valence-electron chi connectivity index (χ4n) is 6.09. The summed E-state index contributed by atoms with van der Waals surface area (Å²) in [5, 5.41) is 9.15. The fraction of sp³-hybridized carbons (Fsp3) is 0.526. The van der Waals surface area contributed by atoms with Gasteiger partial charge in [0.1, 0.15) is 13.2 Å². The summed E-state index contributed by atoms with van der Waals surface area (Å²) in [6.45, 7) is 12.9. The molecule has 1 fully saturated rings. The van der Waals surface area contributed by atoms with E-state index in [1.807, 2.05) is 12.1 Å². The monoisotopic (exact) mass is 588 g/mol. The molecule has 0 amide bonds. The zero-order valence-corrected chi connectivity index (χ0v) is 26.7. The molecule has 0 aliphatic heterocycles. The third kappa shape index (κ3) is 10.8. The molecule has 1 saturated carbocycles. The first kappa shape index (κ1) is 34.3. The van der Waals surface area contributed by atoms with Crippen molar-refractivity contribution in [1.82, 2.24) is 0 Å². The summed E-state index contributed by atoms with van der Waals surface area (Å²) in [7, 11) is 0. The number of hydrogen-bond acceptors (Lipinski definition) is 5. The second-order valence-electron chi connectivity index (χ2n) is 12.3. The molecule has 3 rings (SSSR count). The maximum atomic E-state index is 12.0. The predicted octanol–water partition coefficient (Wildman–Crippen LogP) is 8.18. The molecule has 5 nitrogen and oxygen atoms in total. The zero-order valence-electron chi connectivity index (χ0n) is 26.7. The second-order valence-corrected chi connectivity index (χ2v) is 12.3. The lowest BCUT2D eigenvalue weighted by atomic mass is 9.75. The Balaban J connectivity index is 1.59. The predicted molar refractivity (Wildman–Crippen MR) is 174 cm³/mol. The standard InChI is InChI=1S/C38H52O5/c1-6-8-9-10-29-15-20-34(21-16-29)36-22-17-31(23-32(36)7-2)12-11-30-13-18-33(19-14-30)35(25-42-37(40)27(3)4)26-43-38(41)28(5)24-39/h13-14,17-19,22-23,29,34-35,39H,3,5-12,15-16,20-21,24-26H2,1-2,4H3. The highest BCUT2D eigenvalue weighted by Crippen LogP contribution is 2.39. The largest absolute Gasteiger partial charge is 0.462 e. The third-order valence-electron chi connectivity index (χ3n) is 8.90. The van der Waals surface area contributed by atoms with Gasteiger partial charge in [0.05, 0.1) is 18.1 Å². The van der Waals surface area contributed by atoms with Crippen molar-refractivity contribution in [3.8, 4) is 0 Å². The van der Waals surface area contributed by atoms with Gasteiger partial charge in [-0.2, -0.15) is 0 Å². The average Bonchev–Trinajstić information content (AvgIpc) is 3.03. The molecule has 5 heteroatoms. The molecule has 43 heavy (non-hydrogen) atoms. The van der Waals surface area contributed by atoms with E-state index < -0.39 is 18.5 Å². The number of carbonyl (C=O) groups excluding carboxylic acids is 2. The van der Waals surface area contributed by atoms with Crippen molar-refractivity contribution in [3.63, 3.8) is 0 Å². The van der Waals surface area contributed by atoms with Crippen LogP contribution in [0.3, 0.4) is 0 Å². The number of benzene rings is 2. The summed E-state index contributed by atoms with van der Waals surface area (Å²) in [5.74, 6) is 0.144. The number of ether oxygens (including phenoxy) is 2. The first-order chi connectivity index (χ1) is 20.7. The van der Waals surface area contributed by atoms with Crippen LogP contribution in [0.1, 0.15) is 112 Å². The molecule has 0 saturated heterocycles. The van der Waals surface area contributed by atoms with Crippen LogP contribution in [0.15, 0.2) is 66.8 Å². The van der Waals surface area contributed by atoms with E-state index in [0.717, 1.165) is 30.7 Å². The van der Waals surface area contributed by atoms with Gasteiger partial charge in [-0.25, -0.2) is 9.59 Å². The van der Waals surface area contributed by atoms with Gasteiger partial charge in [0.15, 0.2) is 0 Å². The average molecular weight is 589 g/mol. The lowest BCUT2D eigenvalue weighted by Gasteiger charge is -2.30. The first-order valence-electron chi connectivity index (χ1n) is 16.2. The van der Waals surface area contributed by atoms with Crippen molar-refractivity contribution in [2.24, 2.45) is 5.92 Å². The lowest BCUT2D eigenvalue weighted by Crippen LogP contribution is -2.21. The number of rotatable bonds is 17. The summed E-state index contributed by atoms with van der Waals surface area (Å²) in [4.78, 5) is 24.0. The Morgan fingerprint density at radius 1 is 0.884 bits per heavy atom. The van der Waals surface area contributed by atoms with Crippen LogP contribution < -0.4 is 0 Å². The maximum absolute atomic E-state index is 12.0. The van der Waals surface area contributed by atoms with Crippen molar-refractivity contribution in [2.45, 2.75) is 103 Å². The highest BCUT2D eigenvalue weighted by molar-refractivity contribution is 5.88. The molecule has 1 aliphatic carbocycles. The van der Waals surface area contributed by atoms with Gasteiger partial charge in [-0.15, -0.1) is 0 Å². The Bertz CT molecular complexity index is 1200. The highest BCUT2D eigenvalue weighted by Gasteiger charge is 2.24. The normalized spacial score (nSPS) is 17.2. The van der Waals surface area contributed by atoms with Gasteiger partial charge in [0.25, 0.3) is 0 Å². The van der Waals surface area contributed by atoms with Crippen LogP contribution >= 0.6 is 0 Å². The van der Waals surface area contributed by atoms with E-state index >= 15 is 0 Å². The van der Waals surface area contributed by atoms with Gasteiger partial charge in [-0.1, -0.05) is 95.2 Å². The third-order valence-corrected chi connectivity index (χ3v) is 8.90. The van der Waals surface area contributed by atoms with Gasteiger partial charge in [0.2, 0.25) is 0 Å². The topological polar surface area (TPSA) is 72.8 Å². The van der Waals surface area contributed by atoms with Crippen LogP contribution in [0, 0.1) is 5.92 Å². The summed E-state index contributed by atoms with van der Waals surface area (Å²) in [5.41, 5.74) is 6.87. The number of hydrogen-bond donors (Lipinski definition) is 1. The van der Waals surface area contributed by atoms with E-state index in [4.69, 9.17) is 14.6 Å². The number of unbranched alkanes of at least 4 members (excludes halogenated alkanes) is 2. The second kappa shape index (κ2) is 17.8. The number of esters is 2. The summed E-state index contributed by atoms with van der Waals surface area (Å²) in [6, 6.07) is 15.3. The van der Waals surface area contributed by atoms with E-state index in [0.29, 0.717) is 11.5 Å². The SMILES string of the molecule is C=C(C)C(=O)OCC(COC(=O)C(=C)CO)c1ccc(CCc2ccc(C3CCC(CCCCC)CC3)c(CC)c2)cc1. The molecule has 0 bridgehead atoms. The molecule has 1 unspecified atom stereocenters. The van der Waals surface area contributed by atoms with E-state index in [9.17, 15) is 9.59 Å². The minimum absolute atomic E-state index is 0.00726. The molecule has 1 N–H and O–H groups in total. The van der Waals surface area contributed by atoms with Crippen LogP contribution in [0.25, 0.3) is 0 Å². The molecule has 0 aromatic heterocycles. The zero-order chi connectivity index (χ0) is 31.2. The van der Waals surface area contributed by atoms with Crippen LogP contribution in [0.2, 0.25) is 0 Å². The van der Waals surface area contributed by atoms with Crippen molar-refractivity contribution in [2.75, 3.05) is 19.8 Å². The molecule has 0 spiro atoms. The molecule has 1 atom stereocenters. The minimum Gasteiger partial charge on any atom is -0.462 e. The first-order valence-corrected chi connectivity index (χ1v) is 16.2. The van der Waals surface area contributed by atoms with E-state index in [-0.39, 0.29) is 24.7 Å². The highest BCUT2D eigenvalue weighted by atomic mass is 16.5. The molecule has 0 radical (unpaired) electrons. The Morgan fingerprint density at radius 2 is 1.51 bits per heavy atom. The maximum Gasteiger partial charge on any atom is 0.335 e. The van der Waals surface area contributed by atoms with Crippen molar-refractivity contribution < 1.29 is 24.2 Å².